The summed E-state index contributed by atoms with van der Waals surface area (Å²) in [5.74, 6) is 0.858. The summed E-state index contributed by atoms with van der Waals surface area (Å²) in [5.41, 5.74) is 1.33. The van der Waals surface area contributed by atoms with E-state index in [9.17, 15) is 9.90 Å². The van der Waals surface area contributed by atoms with Gasteiger partial charge < -0.3 is 10.0 Å². The highest BCUT2D eigenvalue weighted by Gasteiger charge is 2.34. The largest absolute Gasteiger partial charge is 0.392 e. The van der Waals surface area contributed by atoms with Gasteiger partial charge in [-0.25, -0.2) is 0 Å². The van der Waals surface area contributed by atoms with Gasteiger partial charge in [0, 0.05) is 25.6 Å². The van der Waals surface area contributed by atoms with Crippen molar-refractivity contribution in [1.82, 2.24) is 9.80 Å². The van der Waals surface area contributed by atoms with Crippen molar-refractivity contribution in [1.29, 1.82) is 0 Å². The van der Waals surface area contributed by atoms with E-state index in [1.807, 2.05) is 18.7 Å². The number of aliphatic hydroxyl groups is 1. The number of allylic oxidation sites excluding steroid dienone is 3. The molecule has 2 aliphatic rings. The minimum atomic E-state index is -0.386. The molecule has 1 fully saturated rings. The van der Waals surface area contributed by atoms with Gasteiger partial charge in [0.05, 0.1) is 12.3 Å². The molecule has 0 radical (unpaired) electrons. The van der Waals surface area contributed by atoms with E-state index in [0.717, 1.165) is 25.9 Å². The van der Waals surface area contributed by atoms with Gasteiger partial charge in [0.1, 0.15) is 0 Å². The van der Waals surface area contributed by atoms with Crippen LogP contribution in [0.4, 0.5) is 0 Å². The van der Waals surface area contributed by atoms with Crippen molar-refractivity contribution >= 4 is 5.91 Å². The lowest BCUT2D eigenvalue weighted by Crippen LogP contribution is -2.59. The minimum Gasteiger partial charge on any atom is -0.392 e. The van der Waals surface area contributed by atoms with Crippen LogP contribution in [0.3, 0.4) is 0 Å². The van der Waals surface area contributed by atoms with Crippen molar-refractivity contribution in [2.24, 2.45) is 5.92 Å². The van der Waals surface area contributed by atoms with E-state index in [1.165, 1.54) is 5.57 Å². The first kappa shape index (κ1) is 17.2. The van der Waals surface area contributed by atoms with E-state index in [-0.39, 0.29) is 24.2 Å². The highest BCUT2D eigenvalue weighted by molar-refractivity contribution is 5.77. The van der Waals surface area contributed by atoms with Crippen molar-refractivity contribution in [3.63, 3.8) is 0 Å². The molecule has 4 unspecified atom stereocenters. The molecule has 1 heterocycles. The summed E-state index contributed by atoms with van der Waals surface area (Å²) in [4.78, 5) is 16.5. The molecule has 1 aliphatic heterocycles. The topological polar surface area (TPSA) is 43.8 Å². The zero-order valence-electron chi connectivity index (χ0n) is 14.3. The molecule has 0 aromatic heterocycles. The van der Waals surface area contributed by atoms with Gasteiger partial charge in [0.25, 0.3) is 0 Å². The number of carbonyl (C=O) groups excluding carboxylic acids is 1. The molecule has 4 atom stereocenters. The van der Waals surface area contributed by atoms with Crippen LogP contribution in [0, 0.1) is 5.92 Å². The first-order chi connectivity index (χ1) is 10.4. The van der Waals surface area contributed by atoms with Crippen LogP contribution in [0.1, 0.15) is 47.0 Å². The van der Waals surface area contributed by atoms with Crippen molar-refractivity contribution < 1.29 is 9.90 Å². The summed E-state index contributed by atoms with van der Waals surface area (Å²) >= 11 is 0. The second kappa shape index (κ2) is 7.42. The Bertz CT molecular complexity index is 456. The van der Waals surface area contributed by atoms with Gasteiger partial charge in [-0.05, 0) is 39.5 Å². The van der Waals surface area contributed by atoms with Gasteiger partial charge in [-0.2, -0.15) is 0 Å². The van der Waals surface area contributed by atoms with E-state index in [4.69, 9.17) is 0 Å². The summed E-state index contributed by atoms with van der Waals surface area (Å²) in [6.07, 6.45) is 8.97. The van der Waals surface area contributed by atoms with Crippen molar-refractivity contribution in [3.05, 3.63) is 23.8 Å². The van der Waals surface area contributed by atoms with Crippen LogP contribution >= 0.6 is 0 Å². The Labute approximate surface area is 134 Å². The highest BCUT2D eigenvalue weighted by atomic mass is 16.3. The van der Waals surface area contributed by atoms with Gasteiger partial charge in [0.2, 0.25) is 5.91 Å². The molecule has 0 saturated carbocycles. The Morgan fingerprint density at radius 1 is 1.36 bits per heavy atom. The van der Waals surface area contributed by atoms with Crippen LogP contribution in [-0.2, 0) is 4.79 Å². The molecule has 0 aromatic carbocycles. The fourth-order valence-corrected chi connectivity index (χ4v) is 3.28. The maximum absolute atomic E-state index is 12.3. The third-order valence-corrected chi connectivity index (χ3v) is 5.09. The zero-order valence-corrected chi connectivity index (χ0v) is 14.3. The Balaban J connectivity index is 1.96. The lowest BCUT2D eigenvalue weighted by atomic mass is 9.96. The Kier molecular flexibility index (Phi) is 5.81. The van der Waals surface area contributed by atoms with Crippen molar-refractivity contribution in [3.8, 4) is 0 Å². The van der Waals surface area contributed by atoms with Crippen LogP contribution in [0.15, 0.2) is 23.8 Å². The molecule has 0 spiro atoms. The molecule has 1 N–H and O–H groups in total. The van der Waals surface area contributed by atoms with Crippen LogP contribution in [0.2, 0.25) is 0 Å². The van der Waals surface area contributed by atoms with Gasteiger partial charge in [0.15, 0.2) is 0 Å². The number of carbonyl (C=O) groups is 1. The summed E-state index contributed by atoms with van der Waals surface area (Å²) < 4.78 is 0. The molecule has 4 heteroatoms. The zero-order chi connectivity index (χ0) is 16.3. The van der Waals surface area contributed by atoms with Crippen LogP contribution < -0.4 is 0 Å². The minimum absolute atomic E-state index is 0.0537. The predicted molar refractivity (Wildman–Crippen MR) is 89.3 cm³/mol. The third-order valence-electron chi connectivity index (χ3n) is 5.09. The molecule has 4 nitrogen and oxygen atoms in total. The fraction of sp³-hybridized carbons (Fsp3) is 0.722. The maximum atomic E-state index is 12.3. The monoisotopic (exact) mass is 306 g/mol. The Hall–Kier alpha value is -1.13. The second-order valence-corrected chi connectivity index (χ2v) is 6.79. The van der Waals surface area contributed by atoms with Crippen LogP contribution in [-0.4, -0.2) is 52.2 Å². The van der Waals surface area contributed by atoms with E-state index < -0.39 is 0 Å². The Morgan fingerprint density at radius 2 is 2.09 bits per heavy atom. The molecule has 2 rings (SSSR count). The lowest BCUT2D eigenvalue weighted by Gasteiger charge is -2.45. The summed E-state index contributed by atoms with van der Waals surface area (Å²) in [5, 5.41) is 9.84. The van der Waals surface area contributed by atoms with Gasteiger partial charge in [-0.3, -0.25) is 9.69 Å². The quantitative estimate of drug-likeness (QED) is 0.849. The summed E-state index contributed by atoms with van der Waals surface area (Å²) in [6, 6.07) is 0.0697. The van der Waals surface area contributed by atoms with E-state index in [1.54, 1.807) is 0 Å². The SMILES string of the molecule is CC1C=CC(CCN2C(=O)CCN(C(C)C(C)O)C2C)=CC1. The molecule has 124 valence electrons. The first-order valence-electron chi connectivity index (χ1n) is 8.50. The average molecular weight is 306 g/mol. The van der Waals surface area contributed by atoms with E-state index in [0.29, 0.717) is 12.3 Å². The third kappa shape index (κ3) is 3.99. The first-order valence-corrected chi connectivity index (χ1v) is 8.50. The van der Waals surface area contributed by atoms with Gasteiger partial charge in [-0.15, -0.1) is 0 Å². The molecular formula is C18H30N2O2. The second-order valence-electron chi connectivity index (χ2n) is 6.79. The molecule has 22 heavy (non-hydrogen) atoms. The molecular weight excluding hydrogens is 276 g/mol. The van der Waals surface area contributed by atoms with E-state index >= 15 is 0 Å². The maximum Gasteiger partial charge on any atom is 0.225 e. The normalized spacial score (nSPS) is 29.4. The molecule has 0 bridgehead atoms. The number of hydrogen-bond acceptors (Lipinski definition) is 3. The number of aliphatic hydroxyl groups excluding tert-OH is 1. The van der Waals surface area contributed by atoms with Crippen molar-refractivity contribution in [2.75, 3.05) is 13.1 Å². The molecule has 1 saturated heterocycles. The predicted octanol–water partition coefficient (Wildman–Crippen LogP) is 2.55. The van der Waals surface area contributed by atoms with Crippen LogP contribution in [0.5, 0.6) is 0 Å². The van der Waals surface area contributed by atoms with Crippen molar-refractivity contribution in [2.45, 2.75) is 65.3 Å². The Morgan fingerprint density at radius 3 is 2.68 bits per heavy atom. The highest BCUT2D eigenvalue weighted by Crippen LogP contribution is 2.23. The molecule has 1 aliphatic carbocycles. The number of amides is 1. The van der Waals surface area contributed by atoms with Crippen LogP contribution in [0.25, 0.3) is 0 Å². The van der Waals surface area contributed by atoms with Gasteiger partial charge in [-0.1, -0.05) is 30.7 Å². The average Bonchev–Trinajstić information content (AvgIpc) is 2.48. The number of rotatable bonds is 5. The summed E-state index contributed by atoms with van der Waals surface area (Å²) in [6.45, 7) is 9.63. The van der Waals surface area contributed by atoms with E-state index in [2.05, 4.69) is 37.0 Å². The number of nitrogens with zero attached hydrogens (tertiary/aromatic N) is 2. The molecule has 0 aromatic rings. The number of hydrogen-bond donors (Lipinski definition) is 1. The fourth-order valence-electron chi connectivity index (χ4n) is 3.28. The lowest BCUT2D eigenvalue weighted by molar-refractivity contribution is -0.146. The summed E-state index contributed by atoms with van der Waals surface area (Å²) in [7, 11) is 0. The standard InChI is InChI=1S/C18H30N2O2/c1-13-5-7-17(8-6-13)9-11-20-16(4)19(12-10-18(20)22)14(2)15(3)21/h5,7-8,13-16,21H,6,9-12H2,1-4H3. The smallest absolute Gasteiger partial charge is 0.225 e. The van der Waals surface area contributed by atoms with Gasteiger partial charge >= 0.3 is 0 Å². The molecule has 1 amide bonds.